The van der Waals surface area contributed by atoms with E-state index in [1.54, 1.807) is 0 Å². The van der Waals surface area contributed by atoms with Crippen molar-refractivity contribution in [3.63, 3.8) is 0 Å². The van der Waals surface area contributed by atoms with Gasteiger partial charge in [0.2, 0.25) is 10.0 Å². The highest BCUT2D eigenvalue weighted by Gasteiger charge is 2.15. The first kappa shape index (κ1) is 15.7. The van der Waals surface area contributed by atoms with E-state index < -0.39 is 10.0 Å². The van der Waals surface area contributed by atoms with Gasteiger partial charge < -0.3 is 15.2 Å². The van der Waals surface area contributed by atoms with E-state index in [1.165, 1.54) is 25.3 Å². The first-order chi connectivity index (χ1) is 9.01. The van der Waals surface area contributed by atoms with E-state index in [9.17, 15) is 8.42 Å². The topological polar surface area (TPSA) is 90.7 Å². The summed E-state index contributed by atoms with van der Waals surface area (Å²) in [6, 6.07) is 4.36. The van der Waals surface area contributed by atoms with Crippen LogP contribution in [-0.2, 0) is 14.8 Å². The molecular weight excluding hydrogens is 268 g/mol. The van der Waals surface area contributed by atoms with E-state index in [0.717, 1.165) is 0 Å². The van der Waals surface area contributed by atoms with Crippen LogP contribution >= 0.6 is 0 Å². The fourth-order valence-corrected chi connectivity index (χ4v) is 2.56. The van der Waals surface area contributed by atoms with Crippen LogP contribution < -0.4 is 15.2 Å². The van der Waals surface area contributed by atoms with Crippen molar-refractivity contribution < 1.29 is 17.9 Å². The molecule has 0 heterocycles. The first-order valence-corrected chi connectivity index (χ1v) is 7.50. The molecule has 0 radical (unpaired) electrons. The van der Waals surface area contributed by atoms with Crippen LogP contribution in [-0.4, -0.2) is 35.3 Å². The Labute approximate surface area is 113 Å². The Morgan fingerprint density at radius 3 is 2.74 bits per heavy atom. The molecule has 0 saturated carbocycles. The number of ether oxygens (including phenoxy) is 2. The molecule has 3 N–H and O–H groups in total. The molecule has 19 heavy (non-hydrogen) atoms. The third kappa shape index (κ3) is 4.70. The van der Waals surface area contributed by atoms with Gasteiger partial charge in [-0.2, -0.15) is 0 Å². The van der Waals surface area contributed by atoms with Crippen molar-refractivity contribution in [2.75, 3.05) is 32.6 Å². The fourth-order valence-electron chi connectivity index (χ4n) is 1.47. The van der Waals surface area contributed by atoms with Gasteiger partial charge in [0, 0.05) is 25.8 Å². The minimum atomic E-state index is -3.54. The Kier molecular flexibility index (Phi) is 6.07. The summed E-state index contributed by atoms with van der Waals surface area (Å²) in [4.78, 5) is 0.134. The molecule has 0 aliphatic heterocycles. The van der Waals surface area contributed by atoms with Crippen molar-refractivity contribution in [3.8, 4) is 5.75 Å². The summed E-state index contributed by atoms with van der Waals surface area (Å²) in [6.07, 6.45) is 0.624. The van der Waals surface area contributed by atoms with Gasteiger partial charge in [0.05, 0.1) is 17.7 Å². The summed E-state index contributed by atoms with van der Waals surface area (Å²) in [5.41, 5.74) is 6.04. The van der Waals surface area contributed by atoms with Crippen molar-refractivity contribution in [1.82, 2.24) is 4.72 Å². The molecule has 0 aliphatic rings. The molecule has 0 aromatic heterocycles. The molecule has 6 nitrogen and oxygen atoms in total. The van der Waals surface area contributed by atoms with Gasteiger partial charge in [-0.05, 0) is 25.5 Å². The molecular formula is C12H20N2O4S. The maximum absolute atomic E-state index is 12.0. The predicted octanol–water partition coefficient (Wildman–Crippen LogP) is 0.982. The maximum atomic E-state index is 12.0. The summed E-state index contributed by atoms with van der Waals surface area (Å²) >= 11 is 0. The lowest BCUT2D eigenvalue weighted by Gasteiger charge is -2.09. The Balaban J connectivity index is 2.67. The molecule has 0 fully saturated rings. The summed E-state index contributed by atoms with van der Waals surface area (Å²) < 4.78 is 36.6. The van der Waals surface area contributed by atoms with Gasteiger partial charge in [0.25, 0.3) is 0 Å². The molecule has 0 amide bonds. The van der Waals surface area contributed by atoms with Gasteiger partial charge in [-0.25, -0.2) is 13.1 Å². The van der Waals surface area contributed by atoms with Crippen LogP contribution in [0.1, 0.15) is 13.3 Å². The number of benzene rings is 1. The molecule has 1 rings (SSSR count). The second-order valence-electron chi connectivity index (χ2n) is 3.85. The molecule has 0 bridgehead atoms. The fraction of sp³-hybridized carbons (Fsp3) is 0.500. The Bertz CT molecular complexity index is 502. The van der Waals surface area contributed by atoms with Crippen LogP contribution in [0.5, 0.6) is 5.75 Å². The molecule has 7 heteroatoms. The highest BCUT2D eigenvalue weighted by molar-refractivity contribution is 7.89. The number of nitrogen functional groups attached to an aromatic ring is 1. The third-order valence-electron chi connectivity index (χ3n) is 2.48. The van der Waals surface area contributed by atoms with Crippen LogP contribution in [0, 0.1) is 0 Å². The van der Waals surface area contributed by atoms with E-state index in [4.69, 9.17) is 15.2 Å². The van der Waals surface area contributed by atoms with Crippen LogP contribution in [0.3, 0.4) is 0 Å². The van der Waals surface area contributed by atoms with E-state index in [2.05, 4.69) is 4.72 Å². The van der Waals surface area contributed by atoms with Crippen molar-refractivity contribution in [2.45, 2.75) is 18.2 Å². The second kappa shape index (κ2) is 7.32. The minimum Gasteiger partial charge on any atom is -0.495 e. The highest BCUT2D eigenvalue weighted by atomic mass is 32.2. The molecule has 0 saturated heterocycles. The van der Waals surface area contributed by atoms with Gasteiger partial charge in [-0.1, -0.05) is 0 Å². The van der Waals surface area contributed by atoms with Crippen LogP contribution in [0.4, 0.5) is 5.69 Å². The standard InChI is InChI=1S/C12H20N2O4S/c1-3-18-8-4-7-14-19(15,16)10-5-6-11(13)12(9-10)17-2/h5-6,9,14H,3-4,7-8,13H2,1-2H3. The lowest BCUT2D eigenvalue weighted by Crippen LogP contribution is -2.25. The Hall–Kier alpha value is -1.31. The van der Waals surface area contributed by atoms with Gasteiger partial charge in [-0.15, -0.1) is 0 Å². The van der Waals surface area contributed by atoms with Crippen LogP contribution in [0.2, 0.25) is 0 Å². The monoisotopic (exact) mass is 288 g/mol. The van der Waals surface area contributed by atoms with Crippen LogP contribution in [0.25, 0.3) is 0 Å². The zero-order valence-corrected chi connectivity index (χ0v) is 12.0. The summed E-state index contributed by atoms with van der Waals surface area (Å²) in [5.74, 6) is 0.345. The van der Waals surface area contributed by atoms with Gasteiger partial charge in [-0.3, -0.25) is 0 Å². The zero-order chi connectivity index (χ0) is 14.3. The number of hydrogen-bond donors (Lipinski definition) is 2. The average Bonchev–Trinajstić information content (AvgIpc) is 2.38. The van der Waals surface area contributed by atoms with E-state index in [1.807, 2.05) is 6.92 Å². The zero-order valence-electron chi connectivity index (χ0n) is 11.2. The summed E-state index contributed by atoms with van der Waals surface area (Å²) in [7, 11) is -2.10. The third-order valence-corrected chi connectivity index (χ3v) is 3.94. The number of hydrogen-bond acceptors (Lipinski definition) is 5. The number of nitrogens with one attached hydrogen (secondary N) is 1. The highest BCUT2D eigenvalue weighted by Crippen LogP contribution is 2.24. The number of rotatable bonds is 8. The van der Waals surface area contributed by atoms with Crippen LogP contribution in [0.15, 0.2) is 23.1 Å². The normalized spacial score (nSPS) is 11.5. The van der Waals surface area contributed by atoms with E-state index in [-0.39, 0.29) is 4.90 Å². The quantitative estimate of drug-likeness (QED) is 0.550. The Morgan fingerprint density at radius 1 is 1.37 bits per heavy atom. The number of nitrogens with two attached hydrogens (primary N) is 1. The van der Waals surface area contributed by atoms with E-state index in [0.29, 0.717) is 37.6 Å². The molecule has 108 valence electrons. The van der Waals surface area contributed by atoms with Crippen molar-refractivity contribution in [2.24, 2.45) is 0 Å². The maximum Gasteiger partial charge on any atom is 0.240 e. The number of sulfonamides is 1. The molecule has 0 unspecified atom stereocenters. The van der Waals surface area contributed by atoms with Crippen molar-refractivity contribution in [3.05, 3.63) is 18.2 Å². The average molecular weight is 288 g/mol. The van der Waals surface area contributed by atoms with Gasteiger partial charge in [0.1, 0.15) is 5.75 Å². The lowest BCUT2D eigenvalue weighted by atomic mass is 10.3. The molecule has 0 aliphatic carbocycles. The predicted molar refractivity (Wildman–Crippen MR) is 73.7 cm³/mol. The first-order valence-electron chi connectivity index (χ1n) is 6.02. The molecule has 0 atom stereocenters. The van der Waals surface area contributed by atoms with Gasteiger partial charge in [0.15, 0.2) is 0 Å². The van der Waals surface area contributed by atoms with E-state index >= 15 is 0 Å². The Morgan fingerprint density at radius 2 is 2.11 bits per heavy atom. The number of methoxy groups -OCH3 is 1. The minimum absolute atomic E-state index is 0.134. The lowest BCUT2D eigenvalue weighted by molar-refractivity contribution is 0.146. The van der Waals surface area contributed by atoms with Crippen molar-refractivity contribution in [1.29, 1.82) is 0 Å². The second-order valence-corrected chi connectivity index (χ2v) is 5.62. The van der Waals surface area contributed by atoms with Crippen molar-refractivity contribution >= 4 is 15.7 Å². The molecule has 1 aromatic rings. The number of anilines is 1. The smallest absolute Gasteiger partial charge is 0.240 e. The SMILES string of the molecule is CCOCCCNS(=O)(=O)c1ccc(N)c(OC)c1. The largest absolute Gasteiger partial charge is 0.495 e. The summed E-state index contributed by atoms with van der Waals surface area (Å²) in [5, 5.41) is 0. The molecule has 1 aromatic carbocycles. The summed E-state index contributed by atoms with van der Waals surface area (Å²) in [6.45, 7) is 3.38. The molecule has 0 spiro atoms. The van der Waals surface area contributed by atoms with Gasteiger partial charge >= 0.3 is 0 Å².